The molecule has 2 N–H and O–H groups in total. The smallest absolute Gasteiger partial charge is 0.191 e. The van der Waals surface area contributed by atoms with Crippen molar-refractivity contribution < 1.29 is 9.13 Å². The van der Waals surface area contributed by atoms with Crippen molar-refractivity contribution in [3.05, 3.63) is 77.6 Å². The highest BCUT2D eigenvalue weighted by Gasteiger charge is 2.12. The quantitative estimate of drug-likeness (QED) is 0.374. The second kappa shape index (κ2) is 11.8. The average Bonchev–Trinajstić information content (AvgIpc) is 3.27. The summed E-state index contributed by atoms with van der Waals surface area (Å²) in [6.07, 6.45) is 3.41. The third-order valence-corrected chi connectivity index (χ3v) is 5.20. The van der Waals surface area contributed by atoms with Crippen LogP contribution in [0.2, 0.25) is 0 Å². The largest absolute Gasteiger partial charge is 0.494 e. The number of guanidine groups is 1. The zero-order chi connectivity index (χ0) is 22.8. The first-order chi connectivity index (χ1) is 15.6. The number of hydrogen-bond donors (Lipinski definition) is 2. The summed E-state index contributed by atoms with van der Waals surface area (Å²) in [4.78, 5) is 4.74. The minimum Gasteiger partial charge on any atom is -0.494 e. The van der Waals surface area contributed by atoms with Gasteiger partial charge in [0.1, 0.15) is 12.2 Å². The predicted octanol–water partition coefficient (Wildman–Crippen LogP) is 3.53. The summed E-state index contributed by atoms with van der Waals surface area (Å²) in [6, 6.07) is 15.1. The van der Waals surface area contributed by atoms with Crippen LogP contribution in [0.3, 0.4) is 0 Å². The topological polar surface area (TPSA) is 76.4 Å². The highest BCUT2D eigenvalue weighted by atomic mass is 19.1. The monoisotopic (exact) mass is 438 g/mol. The summed E-state index contributed by atoms with van der Waals surface area (Å²) in [7, 11) is 1.46. The van der Waals surface area contributed by atoms with Crippen molar-refractivity contribution in [2.75, 3.05) is 20.2 Å². The Balaban J connectivity index is 1.65. The number of ether oxygens (including phenoxy) is 1. The molecule has 170 valence electrons. The van der Waals surface area contributed by atoms with Crippen molar-refractivity contribution in [1.29, 1.82) is 0 Å². The van der Waals surface area contributed by atoms with Gasteiger partial charge in [-0.15, -0.1) is 10.2 Å². The van der Waals surface area contributed by atoms with Crippen LogP contribution in [0.5, 0.6) is 5.75 Å². The van der Waals surface area contributed by atoms with Crippen LogP contribution < -0.4 is 15.4 Å². The van der Waals surface area contributed by atoms with E-state index in [9.17, 15) is 4.39 Å². The van der Waals surface area contributed by atoms with Crippen molar-refractivity contribution in [3.63, 3.8) is 0 Å². The molecular formula is C24H31FN6O. The molecule has 0 spiro atoms. The Morgan fingerprint density at radius 3 is 2.75 bits per heavy atom. The Kier molecular flexibility index (Phi) is 8.60. The van der Waals surface area contributed by atoms with E-state index in [4.69, 9.17) is 9.73 Å². The van der Waals surface area contributed by atoms with E-state index in [1.54, 1.807) is 12.4 Å². The van der Waals surface area contributed by atoms with Crippen molar-refractivity contribution in [1.82, 2.24) is 25.4 Å². The molecule has 8 heteroatoms. The van der Waals surface area contributed by atoms with Gasteiger partial charge in [0.2, 0.25) is 0 Å². The van der Waals surface area contributed by atoms with E-state index in [2.05, 4.69) is 39.9 Å². The SMILES string of the molecule is CCc1nncn1CCNC(=NCCc1ccccc1)NC(C)c1ccc(OC)c(F)c1. The molecule has 3 rings (SSSR count). The Hall–Kier alpha value is -3.42. The van der Waals surface area contributed by atoms with Gasteiger partial charge in [0.05, 0.1) is 13.2 Å². The van der Waals surface area contributed by atoms with E-state index in [1.165, 1.54) is 18.7 Å². The number of methoxy groups -OCH3 is 1. The van der Waals surface area contributed by atoms with Gasteiger partial charge in [0, 0.05) is 26.1 Å². The number of nitrogens with one attached hydrogen (secondary N) is 2. The van der Waals surface area contributed by atoms with Crippen LogP contribution in [0, 0.1) is 5.82 Å². The van der Waals surface area contributed by atoms with E-state index in [0.717, 1.165) is 30.8 Å². The lowest BCUT2D eigenvalue weighted by Gasteiger charge is -2.19. The zero-order valence-corrected chi connectivity index (χ0v) is 18.9. The van der Waals surface area contributed by atoms with Gasteiger partial charge in [0.25, 0.3) is 0 Å². The summed E-state index contributed by atoms with van der Waals surface area (Å²) in [5.74, 6) is 1.48. The number of halogens is 1. The number of aliphatic imine (C=N–C) groups is 1. The number of nitrogens with zero attached hydrogens (tertiary/aromatic N) is 4. The van der Waals surface area contributed by atoms with Gasteiger partial charge >= 0.3 is 0 Å². The van der Waals surface area contributed by atoms with E-state index in [1.807, 2.05) is 35.8 Å². The summed E-state index contributed by atoms with van der Waals surface area (Å²) >= 11 is 0. The molecule has 1 unspecified atom stereocenters. The van der Waals surface area contributed by atoms with Crippen LogP contribution in [0.25, 0.3) is 0 Å². The van der Waals surface area contributed by atoms with E-state index < -0.39 is 0 Å². The lowest BCUT2D eigenvalue weighted by Crippen LogP contribution is -2.40. The van der Waals surface area contributed by atoms with Gasteiger partial charge in [-0.2, -0.15) is 0 Å². The second-order valence-corrected chi connectivity index (χ2v) is 7.45. The van der Waals surface area contributed by atoms with Gasteiger partial charge in [-0.25, -0.2) is 4.39 Å². The summed E-state index contributed by atoms with van der Waals surface area (Å²) in [5, 5.41) is 14.9. The fourth-order valence-corrected chi connectivity index (χ4v) is 3.37. The summed E-state index contributed by atoms with van der Waals surface area (Å²) in [5.41, 5.74) is 2.05. The standard InChI is InChI=1S/C24H31FN6O/c1-4-23-30-28-17-31(23)15-14-27-24(26-13-12-19-8-6-5-7-9-19)29-18(2)20-10-11-22(32-3)21(25)16-20/h5-11,16-18H,4,12-15H2,1-3H3,(H2,26,27,29). The molecule has 0 aliphatic heterocycles. The highest BCUT2D eigenvalue weighted by molar-refractivity contribution is 5.80. The third kappa shape index (κ3) is 6.54. The van der Waals surface area contributed by atoms with Crippen LogP contribution in [0.4, 0.5) is 4.39 Å². The highest BCUT2D eigenvalue weighted by Crippen LogP contribution is 2.21. The Labute approximate surface area is 188 Å². The van der Waals surface area contributed by atoms with E-state index in [-0.39, 0.29) is 17.6 Å². The zero-order valence-electron chi connectivity index (χ0n) is 18.9. The van der Waals surface area contributed by atoms with Crippen molar-refractivity contribution in [2.24, 2.45) is 4.99 Å². The van der Waals surface area contributed by atoms with Gasteiger partial charge in [-0.05, 0) is 36.6 Å². The predicted molar refractivity (Wildman–Crippen MR) is 124 cm³/mol. The number of aromatic nitrogens is 3. The first kappa shape index (κ1) is 23.2. The Morgan fingerprint density at radius 1 is 1.22 bits per heavy atom. The molecule has 1 atom stereocenters. The lowest BCUT2D eigenvalue weighted by molar-refractivity contribution is 0.386. The van der Waals surface area contributed by atoms with Crippen molar-refractivity contribution >= 4 is 5.96 Å². The van der Waals surface area contributed by atoms with E-state index in [0.29, 0.717) is 19.0 Å². The molecule has 7 nitrogen and oxygen atoms in total. The summed E-state index contributed by atoms with van der Waals surface area (Å²) < 4.78 is 21.2. The van der Waals surface area contributed by atoms with E-state index >= 15 is 0 Å². The van der Waals surface area contributed by atoms with Gasteiger partial charge in [-0.3, -0.25) is 4.99 Å². The molecule has 0 saturated carbocycles. The molecule has 1 heterocycles. The maximum atomic E-state index is 14.2. The molecule has 1 aromatic heterocycles. The van der Waals surface area contributed by atoms with Crippen molar-refractivity contribution in [2.45, 2.75) is 39.3 Å². The lowest BCUT2D eigenvalue weighted by atomic mass is 10.1. The van der Waals surface area contributed by atoms with Crippen LogP contribution in [0.1, 0.15) is 36.8 Å². The van der Waals surface area contributed by atoms with Crippen LogP contribution in [-0.2, 0) is 19.4 Å². The third-order valence-electron chi connectivity index (χ3n) is 5.20. The molecule has 2 aromatic carbocycles. The normalized spacial score (nSPS) is 12.4. The molecule has 0 saturated heterocycles. The fourth-order valence-electron chi connectivity index (χ4n) is 3.37. The molecule has 0 radical (unpaired) electrons. The average molecular weight is 439 g/mol. The maximum absolute atomic E-state index is 14.2. The van der Waals surface area contributed by atoms with Crippen LogP contribution in [0.15, 0.2) is 59.9 Å². The maximum Gasteiger partial charge on any atom is 0.191 e. The molecule has 0 aliphatic carbocycles. The number of hydrogen-bond acceptors (Lipinski definition) is 4. The number of aryl methyl sites for hydroxylation is 1. The molecule has 0 aliphatic rings. The molecule has 0 fully saturated rings. The number of rotatable bonds is 10. The van der Waals surface area contributed by atoms with Crippen molar-refractivity contribution in [3.8, 4) is 5.75 Å². The van der Waals surface area contributed by atoms with Crippen LogP contribution >= 0.6 is 0 Å². The minimum absolute atomic E-state index is 0.139. The first-order valence-corrected chi connectivity index (χ1v) is 10.9. The van der Waals surface area contributed by atoms with Crippen LogP contribution in [-0.4, -0.2) is 40.9 Å². The minimum atomic E-state index is -0.381. The molecule has 32 heavy (non-hydrogen) atoms. The van der Waals surface area contributed by atoms with Gasteiger partial charge in [0.15, 0.2) is 17.5 Å². The first-order valence-electron chi connectivity index (χ1n) is 10.9. The molecule has 0 bridgehead atoms. The summed E-state index contributed by atoms with van der Waals surface area (Å²) in [6.45, 7) is 6.05. The van der Waals surface area contributed by atoms with Gasteiger partial charge in [-0.1, -0.05) is 43.3 Å². The fraction of sp³-hybridized carbons (Fsp3) is 0.375. The van der Waals surface area contributed by atoms with Gasteiger partial charge < -0.3 is 19.9 Å². The molecular weight excluding hydrogens is 407 g/mol. The second-order valence-electron chi connectivity index (χ2n) is 7.45. The number of benzene rings is 2. The molecule has 3 aromatic rings. The Morgan fingerprint density at radius 2 is 2.03 bits per heavy atom. The molecule has 0 amide bonds. The Bertz CT molecular complexity index is 1000.